The molecule has 1 atom stereocenters. The molecule has 0 amide bonds. The zero-order chi connectivity index (χ0) is 14.4. The standard InChI is InChI=1S/C15H22F2N2O/c16-15(17)20-13-10-6-5-9-12(13)14(19-18)11-7-3-1-2-4-8-11/h5-6,9-11,14-15,19H,1-4,7-8,18H2. The van der Waals surface area contributed by atoms with Gasteiger partial charge in [-0.25, -0.2) is 0 Å². The molecule has 2 rings (SSSR count). The summed E-state index contributed by atoms with van der Waals surface area (Å²) in [7, 11) is 0. The first-order valence-corrected chi connectivity index (χ1v) is 7.22. The van der Waals surface area contributed by atoms with E-state index in [1.165, 1.54) is 25.7 Å². The number of rotatable bonds is 5. The Morgan fingerprint density at radius 3 is 2.35 bits per heavy atom. The van der Waals surface area contributed by atoms with Crippen LogP contribution in [0.1, 0.15) is 50.1 Å². The largest absolute Gasteiger partial charge is 0.434 e. The predicted octanol–water partition coefficient (Wildman–Crippen LogP) is 3.76. The van der Waals surface area contributed by atoms with E-state index in [-0.39, 0.29) is 11.8 Å². The minimum atomic E-state index is -2.82. The van der Waals surface area contributed by atoms with E-state index in [1.54, 1.807) is 12.1 Å². The van der Waals surface area contributed by atoms with Crippen molar-refractivity contribution in [2.24, 2.45) is 11.8 Å². The SMILES string of the molecule is NNC(c1ccccc1OC(F)F)C1CCCCCC1. The number of para-hydroxylation sites is 1. The zero-order valence-electron chi connectivity index (χ0n) is 11.5. The number of alkyl halides is 2. The molecule has 0 radical (unpaired) electrons. The van der Waals surface area contributed by atoms with Gasteiger partial charge >= 0.3 is 6.61 Å². The lowest BCUT2D eigenvalue weighted by molar-refractivity contribution is -0.0509. The second-order valence-electron chi connectivity index (χ2n) is 5.31. The Labute approximate surface area is 118 Å². The summed E-state index contributed by atoms with van der Waals surface area (Å²) in [5, 5.41) is 0. The quantitative estimate of drug-likeness (QED) is 0.491. The van der Waals surface area contributed by atoms with Crippen molar-refractivity contribution in [3.8, 4) is 5.75 Å². The van der Waals surface area contributed by atoms with Gasteiger partial charge in [0, 0.05) is 5.56 Å². The highest BCUT2D eigenvalue weighted by Crippen LogP contribution is 2.37. The van der Waals surface area contributed by atoms with E-state index in [0.717, 1.165) is 18.4 Å². The Morgan fingerprint density at radius 1 is 1.10 bits per heavy atom. The molecule has 3 N–H and O–H groups in total. The van der Waals surface area contributed by atoms with Gasteiger partial charge in [-0.1, -0.05) is 43.9 Å². The number of hydrogen-bond donors (Lipinski definition) is 2. The fourth-order valence-corrected chi connectivity index (χ4v) is 3.06. The molecule has 0 bridgehead atoms. The van der Waals surface area contributed by atoms with E-state index < -0.39 is 6.61 Å². The fourth-order valence-electron chi connectivity index (χ4n) is 3.06. The Bertz CT molecular complexity index is 407. The molecule has 1 aliphatic carbocycles. The van der Waals surface area contributed by atoms with Gasteiger partial charge in [-0.3, -0.25) is 11.3 Å². The van der Waals surface area contributed by atoms with Crippen LogP contribution in [0, 0.1) is 5.92 Å². The smallest absolute Gasteiger partial charge is 0.387 e. The molecular formula is C15H22F2N2O. The molecule has 112 valence electrons. The first kappa shape index (κ1) is 15.2. The number of halogens is 2. The lowest BCUT2D eigenvalue weighted by Crippen LogP contribution is -2.34. The van der Waals surface area contributed by atoms with E-state index in [2.05, 4.69) is 10.2 Å². The van der Waals surface area contributed by atoms with Gasteiger partial charge in [0.15, 0.2) is 0 Å². The van der Waals surface area contributed by atoms with Gasteiger partial charge in [-0.05, 0) is 24.8 Å². The van der Waals surface area contributed by atoms with Crippen LogP contribution in [0.25, 0.3) is 0 Å². The summed E-state index contributed by atoms with van der Waals surface area (Å²) in [6.07, 6.45) is 6.95. The van der Waals surface area contributed by atoms with Crippen molar-refractivity contribution in [3.63, 3.8) is 0 Å². The van der Waals surface area contributed by atoms with Gasteiger partial charge in [-0.15, -0.1) is 0 Å². The molecule has 0 aliphatic heterocycles. The molecule has 0 aromatic heterocycles. The summed E-state index contributed by atoms with van der Waals surface area (Å²) in [5.41, 5.74) is 3.53. The van der Waals surface area contributed by atoms with Gasteiger partial charge in [-0.2, -0.15) is 8.78 Å². The number of hydrazine groups is 1. The lowest BCUT2D eigenvalue weighted by Gasteiger charge is -2.27. The topological polar surface area (TPSA) is 47.3 Å². The van der Waals surface area contributed by atoms with Gasteiger partial charge in [0.25, 0.3) is 0 Å². The molecule has 5 heteroatoms. The summed E-state index contributed by atoms with van der Waals surface area (Å²) in [6.45, 7) is -2.82. The Kier molecular flexibility index (Phi) is 5.73. The number of benzene rings is 1. The molecule has 0 saturated heterocycles. The number of nitrogens with one attached hydrogen (secondary N) is 1. The Balaban J connectivity index is 2.21. The van der Waals surface area contributed by atoms with Gasteiger partial charge in [0.1, 0.15) is 5.75 Å². The highest BCUT2D eigenvalue weighted by atomic mass is 19.3. The van der Waals surface area contributed by atoms with Crippen molar-refractivity contribution >= 4 is 0 Å². The number of ether oxygens (including phenoxy) is 1. The van der Waals surface area contributed by atoms with E-state index >= 15 is 0 Å². The lowest BCUT2D eigenvalue weighted by atomic mass is 9.87. The van der Waals surface area contributed by atoms with Crippen molar-refractivity contribution in [3.05, 3.63) is 29.8 Å². The van der Waals surface area contributed by atoms with Crippen molar-refractivity contribution in [2.75, 3.05) is 0 Å². The second kappa shape index (κ2) is 7.55. The predicted molar refractivity (Wildman–Crippen MR) is 74.3 cm³/mol. The van der Waals surface area contributed by atoms with Crippen LogP contribution in [0.2, 0.25) is 0 Å². The molecule has 20 heavy (non-hydrogen) atoms. The van der Waals surface area contributed by atoms with E-state index in [0.29, 0.717) is 5.92 Å². The minimum absolute atomic E-state index is 0.136. The fraction of sp³-hybridized carbons (Fsp3) is 0.600. The monoisotopic (exact) mass is 284 g/mol. The molecular weight excluding hydrogens is 262 g/mol. The molecule has 0 heterocycles. The van der Waals surface area contributed by atoms with E-state index in [1.807, 2.05) is 12.1 Å². The first-order valence-electron chi connectivity index (χ1n) is 7.22. The van der Waals surface area contributed by atoms with Crippen molar-refractivity contribution in [1.82, 2.24) is 5.43 Å². The van der Waals surface area contributed by atoms with Crippen LogP contribution in [-0.4, -0.2) is 6.61 Å². The van der Waals surface area contributed by atoms with Crippen LogP contribution in [0.4, 0.5) is 8.78 Å². The number of nitrogens with two attached hydrogens (primary N) is 1. The van der Waals surface area contributed by atoms with Crippen LogP contribution < -0.4 is 16.0 Å². The molecule has 3 nitrogen and oxygen atoms in total. The van der Waals surface area contributed by atoms with E-state index in [4.69, 9.17) is 5.84 Å². The van der Waals surface area contributed by atoms with Crippen LogP contribution in [-0.2, 0) is 0 Å². The average molecular weight is 284 g/mol. The molecule has 1 saturated carbocycles. The van der Waals surface area contributed by atoms with Gasteiger partial charge < -0.3 is 4.74 Å². The maximum absolute atomic E-state index is 12.5. The van der Waals surface area contributed by atoms with Crippen molar-refractivity contribution < 1.29 is 13.5 Å². The first-order chi connectivity index (χ1) is 9.72. The normalized spacial score (nSPS) is 18.8. The molecule has 0 spiro atoms. The number of hydrogen-bond acceptors (Lipinski definition) is 3. The highest BCUT2D eigenvalue weighted by molar-refractivity contribution is 5.36. The van der Waals surface area contributed by atoms with Crippen LogP contribution in [0.3, 0.4) is 0 Å². The summed E-state index contributed by atoms with van der Waals surface area (Å²) in [4.78, 5) is 0. The summed E-state index contributed by atoms with van der Waals surface area (Å²) in [5.74, 6) is 6.28. The third-order valence-electron chi connectivity index (χ3n) is 4.02. The van der Waals surface area contributed by atoms with Crippen molar-refractivity contribution in [2.45, 2.75) is 51.2 Å². The zero-order valence-corrected chi connectivity index (χ0v) is 11.5. The summed E-state index contributed by atoms with van der Waals surface area (Å²) < 4.78 is 29.6. The van der Waals surface area contributed by atoms with Gasteiger partial charge in [0.2, 0.25) is 0 Å². The van der Waals surface area contributed by atoms with Gasteiger partial charge in [0.05, 0.1) is 6.04 Å². The Hall–Kier alpha value is -1.20. The van der Waals surface area contributed by atoms with Crippen LogP contribution in [0.15, 0.2) is 24.3 Å². The molecule has 1 aliphatic rings. The maximum Gasteiger partial charge on any atom is 0.387 e. The highest BCUT2D eigenvalue weighted by Gasteiger charge is 2.26. The van der Waals surface area contributed by atoms with Crippen molar-refractivity contribution in [1.29, 1.82) is 0 Å². The molecule has 1 fully saturated rings. The maximum atomic E-state index is 12.5. The Morgan fingerprint density at radius 2 is 1.75 bits per heavy atom. The second-order valence-corrected chi connectivity index (χ2v) is 5.31. The molecule has 1 unspecified atom stereocenters. The molecule has 1 aromatic carbocycles. The molecule has 1 aromatic rings. The van der Waals surface area contributed by atoms with E-state index in [9.17, 15) is 8.78 Å². The van der Waals surface area contributed by atoms with Crippen LogP contribution >= 0.6 is 0 Å². The third-order valence-corrected chi connectivity index (χ3v) is 4.02. The average Bonchev–Trinajstić information content (AvgIpc) is 2.70. The summed E-state index contributed by atoms with van der Waals surface area (Å²) >= 11 is 0. The third kappa shape index (κ3) is 3.90. The van der Waals surface area contributed by atoms with Crippen LogP contribution in [0.5, 0.6) is 5.75 Å². The summed E-state index contributed by atoms with van der Waals surface area (Å²) in [6, 6.07) is 6.77. The minimum Gasteiger partial charge on any atom is -0.434 e.